The monoisotopic (exact) mass is 345 g/mol. The average Bonchev–Trinajstić information content (AvgIpc) is 2.67. The van der Waals surface area contributed by atoms with Crippen molar-refractivity contribution in [1.82, 2.24) is 0 Å². The van der Waals surface area contributed by atoms with Gasteiger partial charge in [-0.2, -0.15) is 0 Å². The smallest absolute Gasteiger partial charge is 0.265 e. The quantitative estimate of drug-likeness (QED) is 0.492. The molecule has 4 heteroatoms. The molecule has 1 heterocycles. The summed E-state index contributed by atoms with van der Waals surface area (Å²) in [5.74, 6) is 0.152. The Labute approximate surface area is 152 Å². The average molecular weight is 345 g/mol. The molecule has 0 bridgehead atoms. The predicted molar refractivity (Wildman–Crippen MR) is 102 cm³/mol. The molecule has 3 aromatic carbocycles. The number of hydrogen-bond acceptors (Lipinski definition) is 3. The highest BCUT2D eigenvalue weighted by Gasteiger charge is 2.33. The summed E-state index contributed by atoms with van der Waals surface area (Å²) >= 11 is 0. The second-order valence-electron chi connectivity index (χ2n) is 6.35. The Balaban J connectivity index is 1.70. The minimum Gasteiger partial charge on any atom is -0.494 e. The summed E-state index contributed by atoms with van der Waals surface area (Å²) in [6, 6.07) is 18.2. The van der Waals surface area contributed by atoms with Gasteiger partial charge in [-0.05, 0) is 48.2 Å². The van der Waals surface area contributed by atoms with Crippen molar-refractivity contribution in [1.29, 1.82) is 0 Å². The van der Waals surface area contributed by atoms with Crippen molar-refractivity contribution in [2.45, 2.75) is 19.8 Å². The highest BCUT2D eigenvalue weighted by Crippen LogP contribution is 2.33. The number of unbranched alkanes of at least 4 members (excludes halogenated alkanes) is 1. The fourth-order valence-corrected chi connectivity index (χ4v) is 3.29. The first-order valence-electron chi connectivity index (χ1n) is 8.84. The molecular weight excluding hydrogens is 326 g/mol. The fraction of sp³-hybridized carbons (Fsp3) is 0.182. The van der Waals surface area contributed by atoms with E-state index < -0.39 is 0 Å². The van der Waals surface area contributed by atoms with Crippen LogP contribution in [0, 0.1) is 0 Å². The highest BCUT2D eigenvalue weighted by atomic mass is 16.5. The minimum atomic E-state index is -0.293. The van der Waals surface area contributed by atoms with E-state index in [-0.39, 0.29) is 11.8 Å². The van der Waals surface area contributed by atoms with Crippen LogP contribution in [0.5, 0.6) is 5.75 Å². The molecule has 2 amide bonds. The Bertz CT molecular complexity index is 941. The van der Waals surface area contributed by atoms with Crippen LogP contribution >= 0.6 is 0 Å². The topological polar surface area (TPSA) is 46.6 Å². The van der Waals surface area contributed by atoms with E-state index in [4.69, 9.17) is 4.74 Å². The van der Waals surface area contributed by atoms with E-state index in [2.05, 4.69) is 6.92 Å². The van der Waals surface area contributed by atoms with Crippen LogP contribution < -0.4 is 9.64 Å². The second kappa shape index (κ2) is 6.64. The van der Waals surface area contributed by atoms with Crippen LogP contribution in [-0.2, 0) is 0 Å². The fourth-order valence-electron chi connectivity index (χ4n) is 3.29. The van der Waals surface area contributed by atoms with E-state index in [1.165, 1.54) is 4.90 Å². The van der Waals surface area contributed by atoms with Crippen molar-refractivity contribution < 1.29 is 14.3 Å². The molecule has 0 saturated carbocycles. The van der Waals surface area contributed by atoms with E-state index in [0.29, 0.717) is 23.4 Å². The standard InChI is InChI=1S/C22H19NO3/c1-2-3-14-26-17-12-10-16(11-13-17)23-21(24)18-8-4-6-15-7-5-9-19(20(15)18)22(23)25/h4-13H,2-3,14H2,1H3. The zero-order chi connectivity index (χ0) is 18.1. The van der Waals surface area contributed by atoms with Gasteiger partial charge in [0.2, 0.25) is 0 Å². The third kappa shape index (κ3) is 2.64. The molecule has 0 saturated heterocycles. The van der Waals surface area contributed by atoms with Crippen molar-refractivity contribution in [3.8, 4) is 5.75 Å². The molecule has 0 N–H and O–H groups in total. The van der Waals surface area contributed by atoms with E-state index in [9.17, 15) is 9.59 Å². The van der Waals surface area contributed by atoms with Crippen LogP contribution in [0.3, 0.4) is 0 Å². The van der Waals surface area contributed by atoms with Crippen LogP contribution in [0.2, 0.25) is 0 Å². The van der Waals surface area contributed by atoms with Gasteiger partial charge in [0.25, 0.3) is 11.8 Å². The predicted octanol–water partition coefficient (Wildman–Crippen LogP) is 4.82. The molecule has 1 aliphatic rings. The van der Waals surface area contributed by atoms with E-state index in [0.717, 1.165) is 29.4 Å². The number of anilines is 1. The van der Waals surface area contributed by atoms with Gasteiger partial charge in [0.05, 0.1) is 12.3 Å². The molecule has 1 aliphatic heterocycles. The lowest BCUT2D eigenvalue weighted by Crippen LogP contribution is -2.40. The van der Waals surface area contributed by atoms with Crippen molar-refractivity contribution in [2.24, 2.45) is 0 Å². The maximum absolute atomic E-state index is 13.0. The van der Waals surface area contributed by atoms with Gasteiger partial charge in [-0.3, -0.25) is 9.59 Å². The van der Waals surface area contributed by atoms with Gasteiger partial charge in [-0.25, -0.2) is 4.90 Å². The summed E-state index contributed by atoms with van der Waals surface area (Å²) in [6.07, 6.45) is 2.06. The molecule has 4 rings (SSSR count). The van der Waals surface area contributed by atoms with Gasteiger partial charge in [0.1, 0.15) is 5.75 Å². The molecule has 0 aliphatic carbocycles. The van der Waals surface area contributed by atoms with E-state index in [1.54, 1.807) is 36.4 Å². The lowest BCUT2D eigenvalue weighted by atomic mass is 9.94. The van der Waals surface area contributed by atoms with E-state index >= 15 is 0 Å². The Hall–Kier alpha value is -3.14. The zero-order valence-electron chi connectivity index (χ0n) is 14.6. The molecule has 0 spiro atoms. The first-order valence-corrected chi connectivity index (χ1v) is 8.84. The number of imide groups is 1. The first-order chi connectivity index (χ1) is 12.7. The summed E-state index contributed by atoms with van der Waals surface area (Å²) in [6.45, 7) is 2.77. The van der Waals surface area contributed by atoms with Gasteiger partial charge >= 0.3 is 0 Å². The Morgan fingerprint density at radius 2 is 1.46 bits per heavy atom. The third-order valence-electron chi connectivity index (χ3n) is 4.63. The second-order valence-corrected chi connectivity index (χ2v) is 6.35. The molecule has 0 fully saturated rings. The van der Waals surface area contributed by atoms with Gasteiger partial charge in [0, 0.05) is 16.5 Å². The number of carbonyl (C=O) groups is 2. The Kier molecular flexibility index (Phi) is 4.17. The molecule has 3 aromatic rings. The molecule has 0 atom stereocenters. The summed E-state index contributed by atoms with van der Waals surface area (Å²) in [4.78, 5) is 27.2. The summed E-state index contributed by atoms with van der Waals surface area (Å²) in [5.41, 5.74) is 1.66. The molecule has 0 aromatic heterocycles. The lowest BCUT2D eigenvalue weighted by molar-refractivity contribution is 0.0893. The number of nitrogens with zero attached hydrogens (tertiary/aromatic N) is 1. The van der Waals surface area contributed by atoms with E-state index in [1.807, 2.05) is 24.3 Å². The molecule has 0 radical (unpaired) electrons. The Morgan fingerprint density at radius 3 is 2.04 bits per heavy atom. The summed E-state index contributed by atoms with van der Waals surface area (Å²) in [7, 11) is 0. The van der Waals surface area contributed by atoms with Crippen molar-refractivity contribution in [3.05, 3.63) is 71.8 Å². The van der Waals surface area contributed by atoms with Crippen LogP contribution in [0.15, 0.2) is 60.7 Å². The number of carbonyl (C=O) groups excluding carboxylic acids is 2. The number of hydrogen-bond donors (Lipinski definition) is 0. The number of amides is 2. The molecule has 0 unspecified atom stereocenters. The maximum atomic E-state index is 13.0. The largest absolute Gasteiger partial charge is 0.494 e. The zero-order valence-corrected chi connectivity index (χ0v) is 14.6. The highest BCUT2D eigenvalue weighted by molar-refractivity contribution is 6.35. The SMILES string of the molecule is CCCCOc1ccc(N2C(=O)c3cccc4cccc(c34)C2=O)cc1. The van der Waals surface area contributed by atoms with Gasteiger partial charge < -0.3 is 4.74 Å². The first kappa shape index (κ1) is 16.3. The van der Waals surface area contributed by atoms with Crippen molar-refractivity contribution in [2.75, 3.05) is 11.5 Å². The molecule has 26 heavy (non-hydrogen) atoms. The van der Waals surface area contributed by atoms with Crippen molar-refractivity contribution in [3.63, 3.8) is 0 Å². The van der Waals surface area contributed by atoms with Crippen LogP contribution in [0.4, 0.5) is 5.69 Å². The van der Waals surface area contributed by atoms with Gasteiger partial charge in [0.15, 0.2) is 0 Å². The normalized spacial score (nSPS) is 13.3. The van der Waals surface area contributed by atoms with Gasteiger partial charge in [-0.1, -0.05) is 37.6 Å². The van der Waals surface area contributed by atoms with Gasteiger partial charge in [-0.15, -0.1) is 0 Å². The summed E-state index contributed by atoms with van der Waals surface area (Å²) in [5, 5.41) is 1.64. The third-order valence-corrected chi connectivity index (χ3v) is 4.63. The van der Waals surface area contributed by atoms with Crippen molar-refractivity contribution >= 4 is 28.3 Å². The number of benzene rings is 3. The minimum absolute atomic E-state index is 0.293. The van der Waals surface area contributed by atoms with Crippen LogP contribution in [0.1, 0.15) is 40.5 Å². The molecule has 4 nitrogen and oxygen atoms in total. The number of rotatable bonds is 5. The summed E-state index contributed by atoms with van der Waals surface area (Å²) < 4.78 is 5.66. The molecular formula is C22H19NO3. The number of ether oxygens (including phenoxy) is 1. The molecule has 130 valence electrons. The lowest BCUT2D eigenvalue weighted by Gasteiger charge is -2.27. The maximum Gasteiger partial charge on any atom is 0.265 e. The Morgan fingerprint density at radius 1 is 0.846 bits per heavy atom. The van der Waals surface area contributed by atoms with Crippen LogP contribution in [0.25, 0.3) is 10.8 Å². The van der Waals surface area contributed by atoms with Crippen LogP contribution in [-0.4, -0.2) is 18.4 Å².